The summed E-state index contributed by atoms with van der Waals surface area (Å²) in [5, 5.41) is 5.89. The first-order chi connectivity index (χ1) is 11.1. The predicted octanol–water partition coefficient (Wildman–Crippen LogP) is 3.69. The van der Waals surface area contributed by atoms with Crippen molar-refractivity contribution in [1.82, 2.24) is 15.3 Å². The van der Waals surface area contributed by atoms with Crippen molar-refractivity contribution < 1.29 is 9.18 Å². The number of carbonyl (C=O) groups excluding carboxylic acids is 1. The Morgan fingerprint density at radius 3 is 2.78 bits per heavy atom. The Hall–Kier alpha value is -2.21. The van der Waals surface area contributed by atoms with Crippen molar-refractivity contribution in [2.45, 2.75) is 31.7 Å². The maximum Gasteiger partial charge on any atom is 0.270 e. The van der Waals surface area contributed by atoms with Gasteiger partial charge in [-0.05, 0) is 37.1 Å². The van der Waals surface area contributed by atoms with Crippen LogP contribution in [-0.2, 0) is 0 Å². The second-order valence-electron chi connectivity index (χ2n) is 5.47. The van der Waals surface area contributed by atoms with Crippen molar-refractivity contribution in [3.05, 3.63) is 47.0 Å². The molecule has 23 heavy (non-hydrogen) atoms. The number of nitrogens with zero attached hydrogens (tertiary/aromatic N) is 2. The molecule has 0 unspecified atom stereocenters. The maximum atomic E-state index is 13.2. The van der Waals surface area contributed by atoms with E-state index in [9.17, 15) is 9.18 Å². The van der Waals surface area contributed by atoms with Crippen LogP contribution < -0.4 is 10.6 Å². The van der Waals surface area contributed by atoms with E-state index in [0.29, 0.717) is 11.4 Å². The first-order valence-electron chi connectivity index (χ1n) is 7.48. The van der Waals surface area contributed by atoms with Gasteiger partial charge in [-0.1, -0.05) is 24.4 Å². The summed E-state index contributed by atoms with van der Waals surface area (Å²) in [6.45, 7) is 0. The highest BCUT2D eigenvalue weighted by atomic mass is 35.5. The summed E-state index contributed by atoms with van der Waals surface area (Å²) in [4.78, 5) is 20.5. The van der Waals surface area contributed by atoms with Crippen LogP contribution in [0.15, 0.2) is 30.5 Å². The van der Waals surface area contributed by atoms with Crippen LogP contribution in [0.5, 0.6) is 0 Å². The number of nitrogens with one attached hydrogen (secondary N) is 2. The van der Waals surface area contributed by atoms with E-state index in [1.165, 1.54) is 24.4 Å². The van der Waals surface area contributed by atoms with Crippen molar-refractivity contribution in [1.29, 1.82) is 0 Å². The average Bonchev–Trinajstić information content (AvgIpc) is 3.04. The molecule has 5 nitrogen and oxygen atoms in total. The lowest BCUT2D eigenvalue weighted by atomic mass is 10.2. The molecule has 0 spiro atoms. The van der Waals surface area contributed by atoms with Crippen LogP contribution in [0, 0.1) is 5.82 Å². The van der Waals surface area contributed by atoms with Gasteiger partial charge >= 0.3 is 0 Å². The van der Waals surface area contributed by atoms with Gasteiger partial charge in [-0.15, -0.1) is 0 Å². The van der Waals surface area contributed by atoms with Gasteiger partial charge in [0.05, 0.1) is 5.02 Å². The summed E-state index contributed by atoms with van der Waals surface area (Å²) in [5.74, 6) is -0.450. The van der Waals surface area contributed by atoms with Crippen LogP contribution in [0.1, 0.15) is 36.2 Å². The standard InChI is InChI=1S/C16H16ClFN4O/c17-12-9-11(5-6-13(12)18)21-16-19-8-7-14(22-16)15(23)20-10-3-1-2-4-10/h5-10H,1-4H2,(H,20,23)(H,19,21,22). The van der Waals surface area contributed by atoms with Crippen molar-refractivity contribution in [2.75, 3.05) is 5.32 Å². The summed E-state index contributed by atoms with van der Waals surface area (Å²) in [6.07, 6.45) is 5.82. The molecule has 0 bridgehead atoms. The van der Waals surface area contributed by atoms with E-state index < -0.39 is 5.82 Å². The molecule has 1 aromatic heterocycles. The molecule has 1 aliphatic rings. The minimum atomic E-state index is -0.497. The number of amides is 1. The minimum Gasteiger partial charge on any atom is -0.348 e. The molecular formula is C16H16ClFN4O. The van der Waals surface area contributed by atoms with Gasteiger partial charge in [0.15, 0.2) is 0 Å². The summed E-state index contributed by atoms with van der Waals surface area (Å²) in [5.41, 5.74) is 0.840. The summed E-state index contributed by atoms with van der Waals surface area (Å²) in [6, 6.07) is 6.00. The number of hydrogen-bond acceptors (Lipinski definition) is 4. The second kappa shape index (κ2) is 6.91. The van der Waals surface area contributed by atoms with Crippen LogP contribution >= 0.6 is 11.6 Å². The lowest BCUT2D eigenvalue weighted by molar-refractivity contribution is 0.0933. The van der Waals surface area contributed by atoms with Gasteiger partial charge < -0.3 is 10.6 Å². The smallest absolute Gasteiger partial charge is 0.270 e. The predicted molar refractivity (Wildman–Crippen MR) is 86.4 cm³/mol. The Morgan fingerprint density at radius 2 is 2.04 bits per heavy atom. The van der Waals surface area contributed by atoms with E-state index >= 15 is 0 Å². The quantitative estimate of drug-likeness (QED) is 0.895. The molecule has 120 valence electrons. The van der Waals surface area contributed by atoms with E-state index in [1.807, 2.05) is 0 Å². The molecule has 1 saturated carbocycles. The zero-order chi connectivity index (χ0) is 16.2. The number of halogens is 2. The van der Waals surface area contributed by atoms with Crippen molar-refractivity contribution in [3.8, 4) is 0 Å². The van der Waals surface area contributed by atoms with Gasteiger partial charge in [0.25, 0.3) is 5.91 Å². The fraction of sp³-hybridized carbons (Fsp3) is 0.312. The van der Waals surface area contributed by atoms with E-state index in [2.05, 4.69) is 20.6 Å². The SMILES string of the molecule is O=C(NC1CCCC1)c1ccnc(Nc2ccc(F)c(Cl)c2)n1. The van der Waals surface area contributed by atoms with Gasteiger partial charge in [-0.2, -0.15) is 0 Å². The molecule has 2 aromatic rings. The number of aromatic nitrogens is 2. The highest BCUT2D eigenvalue weighted by Crippen LogP contribution is 2.21. The van der Waals surface area contributed by atoms with E-state index in [0.717, 1.165) is 25.7 Å². The van der Waals surface area contributed by atoms with Gasteiger partial charge in [0, 0.05) is 17.9 Å². The van der Waals surface area contributed by atoms with Gasteiger partial charge in [-0.3, -0.25) is 4.79 Å². The highest BCUT2D eigenvalue weighted by molar-refractivity contribution is 6.31. The topological polar surface area (TPSA) is 66.9 Å². The Kier molecular flexibility index (Phi) is 4.71. The maximum absolute atomic E-state index is 13.2. The number of carbonyl (C=O) groups is 1. The molecular weight excluding hydrogens is 319 g/mol. The zero-order valence-electron chi connectivity index (χ0n) is 12.4. The molecule has 0 saturated heterocycles. The fourth-order valence-corrected chi connectivity index (χ4v) is 2.76. The lowest BCUT2D eigenvalue weighted by Gasteiger charge is -2.12. The third kappa shape index (κ3) is 3.96. The number of anilines is 2. The van der Waals surface area contributed by atoms with Crippen LogP contribution in [0.4, 0.5) is 16.0 Å². The van der Waals surface area contributed by atoms with Crippen molar-refractivity contribution in [3.63, 3.8) is 0 Å². The Labute approximate surface area is 138 Å². The normalized spacial score (nSPS) is 14.7. The summed E-state index contributed by atoms with van der Waals surface area (Å²) >= 11 is 5.74. The van der Waals surface area contributed by atoms with Gasteiger partial charge in [-0.25, -0.2) is 14.4 Å². The van der Waals surface area contributed by atoms with Crippen LogP contribution in [0.3, 0.4) is 0 Å². The van der Waals surface area contributed by atoms with E-state index in [4.69, 9.17) is 11.6 Å². The molecule has 7 heteroatoms. The summed E-state index contributed by atoms with van der Waals surface area (Å²) < 4.78 is 13.2. The molecule has 1 aliphatic carbocycles. The average molecular weight is 335 g/mol. The monoisotopic (exact) mass is 334 g/mol. The number of hydrogen-bond donors (Lipinski definition) is 2. The Balaban J connectivity index is 1.71. The molecule has 2 N–H and O–H groups in total. The summed E-state index contributed by atoms with van der Waals surface area (Å²) in [7, 11) is 0. The van der Waals surface area contributed by atoms with Crippen LogP contribution in [0.2, 0.25) is 5.02 Å². The molecule has 1 amide bonds. The Morgan fingerprint density at radius 1 is 1.26 bits per heavy atom. The van der Waals surface area contributed by atoms with Crippen molar-refractivity contribution in [2.24, 2.45) is 0 Å². The molecule has 0 aliphatic heterocycles. The van der Waals surface area contributed by atoms with Gasteiger partial charge in [0.2, 0.25) is 5.95 Å². The first kappa shape index (κ1) is 15.7. The Bertz CT molecular complexity index is 719. The fourth-order valence-electron chi connectivity index (χ4n) is 2.58. The minimum absolute atomic E-state index is 0.00475. The second-order valence-corrected chi connectivity index (χ2v) is 5.88. The lowest BCUT2D eigenvalue weighted by Crippen LogP contribution is -2.33. The molecule has 1 aromatic carbocycles. The molecule has 0 radical (unpaired) electrons. The molecule has 3 rings (SSSR count). The third-order valence-electron chi connectivity index (χ3n) is 3.75. The van der Waals surface area contributed by atoms with E-state index in [1.54, 1.807) is 6.07 Å². The number of benzene rings is 1. The molecule has 0 atom stereocenters. The zero-order valence-corrected chi connectivity index (χ0v) is 13.1. The molecule has 1 fully saturated rings. The van der Waals surface area contributed by atoms with Crippen LogP contribution in [0.25, 0.3) is 0 Å². The first-order valence-corrected chi connectivity index (χ1v) is 7.85. The molecule has 1 heterocycles. The third-order valence-corrected chi connectivity index (χ3v) is 4.04. The van der Waals surface area contributed by atoms with E-state index in [-0.39, 0.29) is 22.9 Å². The van der Waals surface area contributed by atoms with Gasteiger partial charge in [0.1, 0.15) is 11.5 Å². The van der Waals surface area contributed by atoms with Crippen LogP contribution in [-0.4, -0.2) is 21.9 Å². The van der Waals surface area contributed by atoms with Crippen molar-refractivity contribution >= 4 is 29.1 Å². The number of rotatable bonds is 4. The highest BCUT2D eigenvalue weighted by Gasteiger charge is 2.19. The largest absolute Gasteiger partial charge is 0.348 e.